The molecule has 2 N–H and O–H groups in total. The second-order valence-corrected chi connectivity index (χ2v) is 4.42. The van der Waals surface area contributed by atoms with E-state index >= 15 is 0 Å². The van der Waals surface area contributed by atoms with Crippen LogP contribution in [0.1, 0.15) is 12.8 Å². The normalized spacial score (nSPS) is 16.6. The van der Waals surface area contributed by atoms with Gasteiger partial charge in [-0.25, -0.2) is 4.39 Å². The molecule has 18 heavy (non-hydrogen) atoms. The molecule has 1 heterocycles. The molecule has 0 spiro atoms. The van der Waals surface area contributed by atoms with E-state index in [4.69, 9.17) is 19.5 Å². The summed E-state index contributed by atoms with van der Waals surface area (Å²) in [6, 6.07) is 3.67. The molecule has 0 atom stereocenters. The highest BCUT2D eigenvalue weighted by Crippen LogP contribution is 2.17. The van der Waals surface area contributed by atoms with Crippen LogP contribution in [-0.2, 0) is 4.74 Å². The van der Waals surface area contributed by atoms with Crippen LogP contribution < -0.4 is 10.2 Å². The Bertz CT molecular complexity index is 394. The van der Waals surface area contributed by atoms with Crippen molar-refractivity contribution >= 4 is 12.6 Å². The van der Waals surface area contributed by atoms with E-state index in [0.29, 0.717) is 25.7 Å². The highest BCUT2D eigenvalue weighted by molar-refractivity contribution is 6.59. The summed E-state index contributed by atoms with van der Waals surface area (Å²) < 4.78 is 23.9. The second-order valence-electron chi connectivity index (χ2n) is 4.42. The molecule has 4 nitrogen and oxygen atoms in total. The molecule has 2 rings (SSSR count). The van der Waals surface area contributed by atoms with Crippen molar-refractivity contribution < 1.29 is 23.9 Å². The van der Waals surface area contributed by atoms with Gasteiger partial charge in [0.25, 0.3) is 0 Å². The Morgan fingerprint density at radius 3 is 2.72 bits per heavy atom. The van der Waals surface area contributed by atoms with Crippen molar-refractivity contribution in [3.63, 3.8) is 0 Å². The van der Waals surface area contributed by atoms with Crippen LogP contribution in [0, 0.1) is 11.7 Å². The van der Waals surface area contributed by atoms with E-state index in [0.717, 1.165) is 12.8 Å². The van der Waals surface area contributed by atoms with Crippen LogP contribution in [-0.4, -0.2) is 37.0 Å². The fourth-order valence-electron chi connectivity index (χ4n) is 1.97. The van der Waals surface area contributed by atoms with E-state index in [1.165, 1.54) is 18.2 Å². The predicted molar refractivity (Wildman–Crippen MR) is 65.3 cm³/mol. The number of hydrogen-bond acceptors (Lipinski definition) is 4. The first-order chi connectivity index (χ1) is 8.66. The molecule has 0 radical (unpaired) electrons. The Morgan fingerprint density at radius 1 is 1.33 bits per heavy atom. The number of benzene rings is 1. The third-order valence-electron chi connectivity index (χ3n) is 3.07. The van der Waals surface area contributed by atoms with Gasteiger partial charge in [-0.3, -0.25) is 0 Å². The van der Waals surface area contributed by atoms with Crippen molar-refractivity contribution in [1.29, 1.82) is 0 Å². The third-order valence-corrected chi connectivity index (χ3v) is 3.07. The molecular weight excluding hydrogens is 238 g/mol. The molecule has 1 aliphatic rings. The average molecular weight is 254 g/mol. The smallest absolute Gasteiger partial charge is 0.492 e. The molecule has 0 bridgehead atoms. The summed E-state index contributed by atoms with van der Waals surface area (Å²) in [5.74, 6) is 0.101. The van der Waals surface area contributed by atoms with Crippen LogP contribution in [0.25, 0.3) is 0 Å². The van der Waals surface area contributed by atoms with Gasteiger partial charge in [0, 0.05) is 24.7 Å². The second kappa shape index (κ2) is 6.18. The molecule has 1 fully saturated rings. The van der Waals surface area contributed by atoms with Gasteiger partial charge in [0.1, 0.15) is 11.6 Å². The van der Waals surface area contributed by atoms with Crippen LogP contribution in [0.15, 0.2) is 18.2 Å². The van der Waals surface area contributed by atoms with Gasteiger partial charge in [0.2, 0.25) is 0 Å². The van der Waals surface area contributed by atoms with Crippen LogP contribution in [0.2, 0.25) is 0 Å². The van der Waals surface area contributed by atoms with Crippen molar-refractivity contribution in [3.8, 4) is 5.75 Å². The highest BCUT2D eigenvalue weighted by Gasteiger charge is 2.20. The van der Waals surface area contributed by atoms with E-state index in [-0.39, 0.29) is 11.2 Å². The predicted octanol–water partition coefficient (Wildman–Crippen LogP) is 0.311. The van der Waals surface area contributed by atoms with E-state index in [1.54, 1.807) is 0 Å². The SMILES string of the molecule is OB(O)c1ccc(F)cc1OCC1CCOCC1. The van der Waals surface area contributed by atoms with Crippen molar-refractivity contribution in [2.75, 3.05) is 19.8 Å². The molecule has 0 aliphatic carbocycles. The lowest BCUT2D eigenvalue weighted by Gasteiger charge is -2.22. The summed E-state index contributed by atoms with van der Waals surface area (Å²) in [7, 11) is -1.66. The van der Waals surface area contributed by atoms with Crippen molar-refractivity contribution in [2.24, 2.45) is 5.92 Å². The van der Waals surface area contributed by atoms with Crippen LogP contribution >= 0.6 is 0 Å². The monoisotopic (exact) mass is 254 g/mol. The quantitative estimate of drug-likeness (QED) is 0.759. The topological polar surface area (TPSA) is 58.9 Å². The average Bonchev–Trinajstić information content (AvgIpc) is 2.37. The van der Waals surface area contributed by atoms with Crippen molar-refractivity contribution in [2.45, 2.75) is 12.8 Å². The lowest BCUT2D eigenvalue weighted by atomic mass is 9.79. The number of ether oxygens (including phenoxy) is 2. The first-order valence-electron chi connectivity index (χ1n) is 6.03. The van der Waals surface area contributed by atoms with E-state index in [1.807, 2.05) is 0 Å². The van der Waals surface area contributed by atoms with Crippen molar-refractivity contribution in [3.05, 3.63) is 24.0 Å². The van der Waals surface area contributed by atoms with E-state index in [9.17, 15) is 4.39 Å². The van der Waals surface area contributed by atoms with Gasteiger partial charge >= 0.3 is 7.12 Å². The number of halogens is 1. The minimum atomic E-state index is -1.66. The van der Waals surface area contributed by atoms with Crippen LogP contribution in [0.5, 0.6) is 5.75 Å². The molecule has 0 aromatic heterocycles. The molecule has 0 amide bonds. The third kappa shape index (κ3) is 3.44. The summed E-state index contributed by atoms with van der Waals surface area (Å²) in [5.41, 5.74) is 0.184. The summed E-state index contributed by atoms with van der Waals surface area (Å²) in [6.45, 7) is 1.87. The zero-order chi connectivity index (χ0) is 13.0. The van der Waals surface area contributed by atoms with Gasteiger partial charge in [0.15, 0.2) is 0 Å². The molecule has 1 saturated heterocycles. The first-order valence-corrected chi connectivity index (χ1v) is 6.03. The lowest BCUT2D eigenvalue weighted by Crippen LogP contribution is -2.32. The fraction of sp³-hybridized carbons (Fsp3) is 0.500. The Morgan fingerprint density at radius 2 is 2.06 bits per heavy atom. The maximum atomic E-state index is 13.1. The minimum absolute atomic E-state index is 0.184. The summed E-state index contributed by atoms with van der Waals surface area (Å²) in [6.07, 6.45) is 1.82. The Balaban J connectivity index is 2.00. The Kier molecular flexibility index (Phi) is 4.57. The molecule has 0 unspecified atom stereocenters. The molecule has 1 aliphatic heterocycles. The van der Waals surface area contributed by atoms with E-state index < -0.39 is 12.9 Å². The maximum Gasteiger partial charge on any atom is 0.492 e. The van der Waals surface area contributed by atoms with Gasteiger partial charge in [-0.05, 0) is 24.8 Å². The summed E-state index contributed by atoms with van der Waals surface area (Å²) in [5, 5.41) is 18.3. The number of hydrogen-bond donors (Lipinski definition) is 2. The highest BCUT2D eigenvalue weighted by atomic mass is 19.1. The Hall–Kier alpha value is -1.11. The van der Waals surface area contributed by atoms with Crippen LogP contribution in [0.3, 0.4) is 0 Å². The first kappa shape index (κ1) is 13.3. The zero-order valence-electron chi connectivity index (χ0n) is 10.0. The zero-order valence-corrected chi connectivity index (χ0v) is 10.0. The number of rotatable bonds is 4. The van der Waals surface area contributed by atoms with Gasteiger partial charge in [-0.15, -0.1) is 0 Å². The molecule has 6 heteroatoms. The van der Waals surface area contributed by atoms with Gasteiger partial charge in [0.05, 0.1) is 6.61 Å². The summed E-state index contributed by atoms with van der Waals surface area (Å²) >= 11 is 0. The molecule has 0 saturated carbocycles. The summed E-state index contributed by atoms with van der Waals surface area (Å²) in [4.78, 5) is 0. The van der Waals surface area contributed by atoms with Gasteiger partial charge in [-0.1, -0.05) is 6.07 Å². The molecule has 1 aromatic rings. The van der Waals surface area contributed by atoms with Crippen LogP contribution in [0.4, 0.5) is 4.39 Å². The molecule has 1 aromatic carbocycles. The Labute approximate surface area is 105 Å². The fourth-order valence-corrected chi connectivity index (χ4v) is 1.97. The van der Waals surface area contributed by atoms with Crippen molar-refractivity contribution in [1.82, 2.24) is 0 Å². The van der Waals surface area contributed by atoms with E-state index in [2.05, 4.69) is 0 Å². The maximum absolute atomic E-state index is 13.1. The lowest BCUT2D eigenvalue weighted by molar-refractivity contribution is 0.0498. The largest absolute Gasteiger partial charge is 0.494 e. The van der Waals surface area contributed by atoms with Gasteiger partial charge in [-0.2, -0.15) is 0 Å². The standard InChI is InChI=1S/C12H16BFO4/c14-10-1-2-11(13(15)16)12(7-10)18-8-9-3-5-17-6-4-9/h1-2,7,9,15-16H,3-6,8H2. The molecular formula is C12H16BFO4. The molecule has 98 valence electrons. The van der Waals surface area contributed by atoms with Gasteiger partial charge < -0.3 is 19.5 Å². The minimum Gasteiger partial charge on any atom is -0.494 e.